The van der Waals surface area contributed by atoms with E-state index in [0.29, 0.717) is 6.42 Å². The highest BCUT2D eigenvalue weighted by Crippen LogP contribution is 2.30. The summed E-state index contributed by atoms with van der Waals surface area (Å²) in [5.41, 5.74) is -2.15. The lowest BCUT2D eigenvalue weighted by molar-refractivity contribution is -0.274. The van der Waals surface area contributed by atoms with E-state index in [2.05, 4.69) is 10.1 Å². The normalized spacial score (nSPS) is 18.9. The summed E-state index contributed by atoms with van der Waals surface area (Å²) in [4.78, 5) is 10.8. The molecule has 1 amide bonds. The Balaban J connectivity index is 1.76. The Morgan fingerprint density at radius 1 is 1.03 bits per heavy atom. The summed E-state index contributed by atoms with van der Waals surface area (Å²) in [6.07, 6.45) is -3.01. The van der Waals surface area contributed by atoms with Gasteiger partial charge in [-0.15, -0.1) is 13.2 Å². The molecule has 1 heterocycles. The first-order chi connectivity index (χ1) is 16.7. The molecule has 1 fully saturated rings. The van der Waals surface area contributed by atoms with Gasteiger partial charge in [0.15, 0.2) is 5.44 Å². The fourth-order valence-electron chi connectivity index (χ4n) is 3.87. The number of amides is 1. The second-order valence-electron chi connectivity index (χ2n) is 7.92. The largest absolute Gasteiger partial charge is 0.573 e. The van der Waals surface area contributed by atoms with Crippen LogP contribution in [0.5, 0.6) is 17.2 Å². The molecule has 0 aromatic heterocycles. The lowest BCUT2D eigenvalue weighted by Gasteiger charge is -2.32. The Labute approximate surface area is 205 Å². The van der Waals surface area contributed by atoms with Crippen LogP contribution < -0.4 is 14.8 Å². The van der Waals surface area contributed by atoms with Crippen LogP contribution >= 0.6 is 0 Å². The molecule has 1 aliphatic rings. The van der Waals surface area contributed by atoms with E-state index < -0.39 is 49.5 Å². The maximum absolute atomic E-state index is 13.1. The van der Waals surface area contributed by atoms with Crippen molar-refractivity contribution >= 4 is 26.3 Å². The molecule has 1 unspecified atom stereocenters. The highest BCUT2D eigenvalue weighted by molar-refractivity contribution is 7.92. The van der Waals surface area contributed by atoms with Gasteiger partial charge in [0.05, 0.1) is 17.2 Å². The molecule has 2 N–H and O–H groups in total. The number of alkyl halides is 3. The van der Waals surface area contributed by atoms with Crippen LogP contribution in [-0.2, 0) is 24.7 Å². The van der Waals surface area contributed by atoms with Crippen LogP contribution in [0.25, 0.3) is 0 Å². The third-order valence-electron chi connectivity index (χ3n) is 5.42. The summed E-state index contributed by atoms with van der Waals surface area (Å²) in [5.74, 6) is -0.146. The predicted molar refractivity (Wildman–Crippen MR) is 120 cm³/mol. The smallest absolute Gasteiger partial charge is 0.457 e. The average molecular weight is 553 g/mol. The standard InChI is InChI=1S/C21H23F3N2O8S2/c1-35(29,30)26-12-2-3-18(26)19(25-13-27)20(28)36(31,32)17-10-8-15(9-11-17)33-14-4-6-16(7-5-14)34-21(22,23)24/h4-11,13,18-20,28H,2-3,12H2,1H3,(H,25,27)/t18-,19+,20?/m1/s1. The molecule has 3 rings (SSSR count). The van der Waals surface area contributed by atoms with E-state index >= 15 is 0 Å². The fourth-order valence-corrected chi connectivity index (χ4v) is 6.50. The molecular formula is C21H23F3N2O8S2. The molecule has 10 nitrogen and oxygen atoms in total. The van der Waals surface area contributed by atoms with Crippen LogP contribution in [0.15, 0.2) is 53.4 Å². The van der Waals surface area contributed by atoms with Gasteiger partial charge in [0.1, 0.15) is 17.2 Å². The third-order valence-corrected chi connectivity index (χ3v) is 8.58. The molecule has 198 valence electrons. The first-order valence-electron chi connectivity index (χ1n) is 10.4. The summed E-state index contributed by atoms with van der Waals surface area (Å²) in [5, 5.41) is 13.0. The van der Waals surface area contributed by atoms with Gasteiger partial charge < -0.3 is 19.9 Å². The highest BCUT2D eigenvalue weighted by atomic mass is 32.2. The van der Waals surface area contributed by atoms with E-state index in [0.717, 1.165) is 34.8 Å². The van der Waals surface area contributed by atoms with Crippen molar-refractivity contribution in [2.24, 2.45) is 0 Å². The molecule has 0 bridgehead atoms. The van der Waals surface area contributed by atoms with Crippen molar-refractivity contribution in [1.82, 2.24) is 9.62 Å². The minimum atomic E-state index is -4.84. The number of carbonyl (C=O) groups excluding carboxylic acids is 1. The van der Waals surface area contributed by atoms with Crippen LogP contribution in [-0.4, -0.2) is 69.3 Å². The van der Waals surface area contributed by atoms with Crippen LogP contribution in [0.2, 0.25) is 0 Å². The van der Waals surface area contributed by atoms with Gasteiger partial charge in [-0.2, -0.15) is 4.31 Å². The molecule has 3 atom stereocenters. The Bertz CT molecular complexity index is 1270. The van der Waals surface area contributed by atoms with Gasteiger partial charge in [0, 0.05) is 12.6 Å². The van der Waals surface area contributed by atoms with Gasteiger partial charge in [-0.3, -0.25) is 4.79 Å². The Morgan fingerprint density at radius 2 is 1.56 bits per heavy atom. The maximum Gasteiger partial charge on any atom is 0.573 e. The molecule has 0 spiro atoms. The number of hydrogen-bond donors (Lipinski definition) is 2. The SMILES string of the molecule is CS(=O)(=O)N1CCC[C@@H]1[C@H](NC=O)C(O)S(=O)(=O)c1ccc(Oc2ccc(OC(F)(F)F)cc2)cc1. The average Bonchev–Trinajstić information content (AvgIpc) is 3.28. The molecule has 2 aromatic rings. The van der Waals surface area contributed by atoms with E-state index in [1.807, 2.05) is 0 Å². The molecule has 0 aliphatic carbocycles. The number of nitrogens with zero attached hydrogens (tertiary/aromatic N) is 1. The zero-order valence-corrected chi connectivity index (χ0v) is 20.4. The van der Waals surface area contributed by atoms with Crippen molar-refractivity contribution in [2.75, 3.05) is 12.8 Å². The lowest BCUT2D eigenvalue weighted by Crippen LogP contribution is -2.56. The van der Waals surface area contributed by atoms with Gasteiger partial charge in [-0.1, -0.05) is 0 Å². The Kier molecular flexibility index (Phi) is 8.17. The van der Waals surface area contributed by atoms with Crippen molar-refractivity contribution in [3.8, 4) is 17.2 Å². The lowest BCUT2D eigenvalue weighted by atomic mass is 10.1. The number of nitrogens with one attached hydrogen (secondary N) is 1. The van der Waals surface area contributed by atoms with Gasteiger partial charge in [-0.25, -0.2) is 16.8 Å². The number of halogens is 3. The minimum absolute atomic E-state index is 0.128. The van der Waals surface area contributed by atoms with E-state index in [1.165, 1.54) is 24.3 Å². The van der Waals surface area contributed by atoms with E-state index in [9.17, 15) is 39.9 Å². The zero-order valence-electron chi connectivity index (χ0n) is 18.8. The summed E-state index contributed by atoms with van der Waals surface area (Å²) in [7, 11) is -8.16. The van der Waals surface area contributed by atoms with Gasteiger partial charge >= 0.3 is 6.36 Å². The second-order valence-corrected chi connectivity index (χ2v) is 11.9. The molecule has 15 heteroatoms. The summed E-state index contributed by atoms with van der Waals surface area (Å²) < 4.78 is 97.4. The van der Waals surface area contributed by atoms with Gasteiger partial charge in [0.2, 0.25) is 26.3 Å². The molecular weight excluding hydrogens is 529 g/mol. The van der Waals surface area contributed by atoms with E-state index in [1.54, 1.807) is 0 Å². The molecule has 1 aliphatic heterocycles. The molecule has 2 aromatic carbocycles. The number of benzene rings is 2. The molecule has 1 saturated heterocycles. The number of aliphatic hydroxyl groups is 1. The van der Waals surface area contributed by atoms with Gasteiger partial charge in [0.25, 0.3) is 0 Å². The third kappa shape index (κ3) is 6.66. The monoisotopic (exact) mass is 552 g/mol. The van der Waals surface area contributed by atoms with Crippen molar-refractivity contribution in [1.29, 1.82) is 0 Å². The first-order valence-corrected chi connectivity index (χ1v) is 13.8. The number of rotatable bonds is 10. The van der Waals surface area contributed by atoms with Crippen molar-refractivity contribution in [3.05, 3.63) is 48.5 Å². The minimum Gasteiger partial charge on any atom is -0.457 e. The van der Waals surface area contributed by atoms with Crippen LogP contribution in [0.3, 0.4) is 0 Å². The molecule has 36 heavy (non-hydrogen) atoms. The number of hydrogen-bond acceptors (Lipinski definition) is 8. The molecule has 0 saturated carbocycles. The summed E-state index contributed by atoms with van der Waals surface area (Å²) >= 11 is 0. The quantitative estimate of drug-likeness (QED) is 0.427. The second kappa shape index (κ2) is 10.6. The zero-order chi connectivity index (χ0) is 26.7. The Morgan fingerprint density at radius 3 is 2.06 bits per heavy atom. The fraction of sp³-hybridized carbons (Fsp3) is 0.381. The highest BCUT2D eigenvalue weighted by Gasteiger charge is 2.44. The number of sulfonamides is 1. The number of aliphatic hydroxyl groups excluding tert-OH is 1. The molecule has 0 radical (unpaired) electrons. The maximum atomic E-state index is 13.1. The van der Waals surface area contributed by atoms with Crippen LogP contribution in [0, 0.1) is 0 Å². The summed E-state index contributed by atoms with van der Waals surface area (Å²) in [6.45, 7) is 0.128. The topological polar surface area (TPSA) is 139 Å². The van der Waals surface area contributed by atoms with E-state index in [4.69, 9.17) is 4.74 Å². The predicted octanol–water partition coefficient (Wildman–Crippen LogP) is 2.01. The van der Waals surface area contributed by atoms with Gasteiger partial charge in [-0.05, 0) is 61.4 Å². The van der Waals surface area contributed by atoms with E-state index in [-0.39, 0.29) is 35.8 Å². The Hall–Kier alpha value is -2.88. The number of sulfone groups is 1. The van der Waals surface area contributed by atoms with Crippen LogP contribution in [0.1, 0.15) is 12.8 Å². The first kappa shape index (κ1) is 27.7. The number of ether oxygens (including phenoxy) is 2. The van der Waals surface area contributed by atoms with Crippen molar-refractivity contribution in [3.63, 3.8) is 0 Å². The summed E-state index contributed by atoms with van der Waals surface area (Å²) in [6, 6.07) is 6.95. The number of carbonyl (C=O) groups is 1. The van der Waals surface area contributed by atoms with Crippen LogP contribution in [0.4, 0.5) is 13.2 Å². The van der Waals surface area contributed by atoms with Crippen molar-refractivity contribution in [2.45, 2.75) is 41.6 Å². The van der Waals surface area contributed by atoms with Crippen molar-refractivity contribution < 1.29 is 49.4 Å².